The van der Waals surface area contributed by atoms with Gasteiger partial charge in [-0.05, 0) is 47.5 Å². The van der Waals surface area contributed by atoms with Gasteiger partial charge in [-0.1, -0.05) is 42.5 Å². The maximum atomic E-state index is 12.7. The Kier molecular flexibility index (Phi) is 6.56. The Morgan fingerprint density at radius 2 is 1.74 bits per heavy atom. The number of phenols is 1. The molecule has 34 heavy (non-hydrogen) atoms. The summed E-state index contributed by atoms with van der Waals surface area (Å²) >= 11 is 0. The highest BCUT2D eigenvalue weighted by atomic mass is 16.5. The van der Waals surface area contributed by atoms with Crippen LogP contribution >= 0.6 is 0 Å². The lowest BCUT2D eigenvalue weighted by atomic mass is 10.1. The van der Waals surface area contributed by atoms with Crippen molar-refractivity contribution >= 4 is 11.8 Å². The molecule has 3 N–H and O–H groups in total. The molecule has 0 spiro atoms. The number of carbonyl (C=O) groups is 2. The second-order valence-corrected chi connectivity index (χ2v) is 7.22. The number of hydrazine groups is 1. The molecule has 0 aliphatic carbocycles. The molecule has 4 rings (SSSR count). The number of nitrogens with one attached hydrogen (secondary N) is 2. The lowest BCUT2D eigenvalue weighted by molar-refractivity contribution is 0.0831. The van der Waals surface area contributed by atoms with E-state index in [9.17, 15) is 14.7 Å². The van der Waals surface area contributed by atoms with Crippen molar-refractivity contribution in [1.29, 1.82) is 5.26 Å². The fraction of sp³-hybridized carbons (Fsp3) is 0.0385. The molecule has 0 atom stereocenters. The van der Waals surface area contributed by atoms with Gasteiger partial charge < -0.3 is 14.3 Å². The summed E-state index contributed by atoms with van der Waals surface area (Å²) in [6, 6.07) is 24.2. The SMILES string of the molecule is N#Cc1cc(C(=O)NNC(=O)c2occc2-c2cccc(OCc3ccccc3)c2)ccc1O. The standard InChI is InChI=1S/C26H19N3O5/c27-15-20-13-19(9-10-23(20)30)25(31)28-29-26(32)24-22(11-12-33-24)18-7-4-8-21(14-18)34-16-17-5-2-1-3-6-17/h1-14,30H,16H2,(H,28,31)(H,29,32). The Morgan fingerprint density at radius 1 is 0.941 bits per heavy atom. The van der Waals surface area contributed by atoms with Gasteiger partial charge in [0.05, 0.1) is 11.8 Å². The van der Waals surface area contributed by atoms with Crippen molar-refractivity contribution in [3.05, 3.63) is 108 Å². The van der Waals surface area contributed by atoms with E-state index in [4.69, 9.17) is 14.4 Å². The Bertz CT molecular complexity index is 1370. The van der Waals surface area contributed by atoms with Crippen LogP contribution in [0.2, 0.25) is 0 Å². The molecule has 168 valence electrons. The molecule has 0 saturated heterocycles. The second kappa shape index (κ2) is 10.1. The van der Waals surface area contributed by atoms with Gasteiger partial charge in [-0.2, -0.15) is 5.26 Å². The first-order valence-electron chi connectivity index (χ1n) is 10.2. The molecule has 0 aliphatic heterocycles. The predicted octanol–water partition coefficient (Wildman–Crippen LogP) is 4.18. The number of hydrogen-bond acceptors (Lipinski definition) is 6. The molecular weight excluding hydrogens is 434 g/mol. The summed E-state index contributed by atoms with van der Waals surface area (Å²) in [5.74, 6) is -0.928. The molecule has 8 heteroatoms. The smallest absolute Gasteiger partial charge is 0.306 e. The largest absolute Gasteiger partial charge is 0.507 e. The van der Waals surface area contributed by atoms with E-state index in [1.165, 1.54) is 24.5 Å². The highest BCUT2D eigenvalue weighted by molar-refractivity contribution is 6.01. The zero-order valence-electron chi connectivity index (χ0n) is 17.8. The van der Waals surface area contributed by atoms with Crippen molar-refractivity contribution in [1.82, 2.24) is 10.9 Å². The van der Waals surface area contributed by atoms with Crippen molar-refractivity contribution in [3.63, 3.8) is 0 Å². The first-order chi connectivity index (χ1) is 16.5. The fourth-order valence-corrected chi connectivity index (χ4v) is 3.22. The summed E-state index contributed by atoms with van der Waals surface area (Å²) < 4.78 is 11.2. The molecule has 4 aromatic rings. The highest BCUT2D eigenvalue weighted by Crippen LogP contribution is 2.28. The minimum atomic E-state index is -0.664. The van der Waals surface area contributed by atoms with Gasteiger partial charge in [0.15, 0.2) is 0 Å². The number of aromatic hydroxyl groups is 1. The van der Waals surface area contributed by atoms with Crippen LogP contribution in [0.25, 0.3) is 11.1 Å². The Hall–Kier alpha value is -5.03. The van der Waals surface area contributed by atoms with Crippen molar-refractivity contribution in [2.45, 2.75) is 6.61 Å². The summed E-state index contributed by atoms with van der Waals surface area (Å²) in [6.07, 6.45) is 1.38. The average Bonchev–Trinajstić information content (AvgIpc) is 3.37. The lowest BCUT2D eigenvalue weighted by Crippen LogP contribution is -2.41. The molecule has 1 aromatic heterocycles. The first-order valence-corrected chi connectivity index (χ1v) is 10.2. The summed E-state index contributed by atoms with van der Waals surface area (Å²) in [5.41, 5.74) is 6.86. The Morgan fingerprint density at radius 3 is 2.53 bits per heavy atom. The van der Waals surface area contributed by atoms with Gasteiger partial charge in [-0.25, -0.2) is 0 Å². The molecule has 0 fully saturated rings. The molecule has 8 nitrogen and oxygen atoms in total. The van der Waals surface area contributed by atoms with E-state index >= 15 is 0 Å². The lowest BCUT2D eigenvalue weighted by Gasteiger charge is -2.10. The summed E-state index contributed by atoms with van der Waals surface area (Å²) in [5, 5.41) is 18.5. The zero-order valence-corrected chi connectivity index (χ0v) is 17.8. The van der Waals surface area contributed by atoms with Crippen molar-refractivity contribution < 1.29 is 23.8 Å². The summed E-state index contributed by atoms with van der Waals surface area (Å²) in [4.78, 5) is 25.0. The maximum absolute atomic E-state index is 12.7. The van der Waals surface area contributed by atoms with E-state index in [1.54, 1.807) is 18.2 Å². The van der Waals surface area contributed by atoms with Gasteiger partial charge in [0, 0.05) is 11.1 Å². The molecule has 1 heterocycles. The monoisotopic (exact) mass is 453 g/mol. The molecule has 0 unspecified atom stereocenters. The molecule has 3 aromatic carbocycles. The number of nitrogens with zero attached hydrogens (tertiary/aromatic N) is 1. The van der Waals surface area contributed by atoms with Gasteiger partial charge in [-0.15, -0.1) is 0 Å². The maximum Gasteiger partial charge on any atom is 0.306 e. The van der Waals surface area contributed by atoms with E-state index in [0.717, 1.165) is 5.56 Å². The third-order valence-corrected chi connectivity index (χ3v) is 4.93. The third kappa shape index (κ3) is 5.06. The van der Waals surface area contributed by atoms with Gasteiger partial charge in [0.1, 0.15) is 24.2 Å². The van der Waals surface area contributed by atoms with E-state index in [1.807, 2.05) is 48.5 Å². The highest BCUT2D eigenvalue weighted by Gasteiger charge is 2.18. The van der Waals surface area contributed by atoms with Crippen LogP contribution in [-0.4, -0.2) is 16.9 Å². The van der Waals surface area contributed by atoms with E-state index in [-0.39, 0.29) is 22.6 Å². The van der Waals surface area contributed by atoms with Crippen LogP contribution in [0.15, 0.2) is 89.5 Å². The van der Waals surface area contributed by atoms with E-state index < -0.39 is 11.8 Å². The van der Waals surface area contributed by atoms with E-state index in [0.29, 0.717) is 23.5 Å². The number of ether oxygens (including phenoxy) is 1. The number of phenolic OH excluding ortho intramolecular Hbond substituents is 1. The minimum Gasteiger partial charge on any atom is -0.507 e. The number of amides is 2. The van der Waals surface area contributed by atoms with Gasteiger partial charge in [0.2, 0.25) is 5.76 Å². The Labute approximate surface area is 195 Å². The van der Waals surface area contributed by atoms with Crippen LogP contribution in [0, 0.1) is 11.3 Å². The third-order valence-electron chi connectivity index (χ3n) is 4.93. The number of hydrogen-bond donors (Lipinski definition) is 3. The topological polar surface area (TPSA) is 125 Å². The van der Waals surface area contributed by atoms with Crippen LogP contribution in [0.4, 0.5) is 0 Å². The number of furan rings is 1. The van der Waals surface area contributed by atoms with E-state index in [2.05, 4.69) is 10.9 Å². The van der Waals surface area contributed by atoms with Crippen LogP contribution in [0.3, 0.4) is 0 Å². The van der Waals surface area contributed by atoms with Gasteiger partial charge >= 0.3 is 5.91 Å². The van der Waals surface area contributed by atoms with Gasteiger partial charge in [0.25, 0.3) is 5.91 Å². The van der Waals surface area contributed by atoms with Crippen molar-refractivity contribution in [2.75, 3.05) is 0 Å². The summed E-state index contributed by atoms with van der Waals surface area (Å²) in [6.45, 7) is 0.403. The molecular formula is C26H19N3O5. The fourth-order valence-electron chi connectivity index (χ4n) is 3.22. The molecule has 0 bridgehead atoms. The quantitative estimate of drug-likeness (QED) is 0.376. The van der Waals surface area contributed by atoms with Crippen LogP contribution in [-0.2, 0) is 6.61 Å². The molecule has 0 radical (unpaired) electrons. The number of benzene rings is 3. The number of rotatable bonds is 6. The predicted molar refractivity (Wildman–Crippen MR) is 123 cm³/mol. The number of carbonyl (C=O) groups excluding carboxylic acids is 2. The molecule has 2 amide bonds. The van der Waals surface area contributed by atoms with Crippen LogP contribution in [0.5, 0.6) is 11.5 Å². The molecule has 0 saturated carbocycles. The number of nitriles is 1. The van der Waals surface area contributed by atoms with Crippen molar-refractivity contribution in [2.24, 2.45) is 0 Å². The minimum absolute atomic E-state index is 0.00364. The van der Waals surface area contributed by atoms with Crippen molar-refractivity contribution in [3.8, 4) is 28.7 Å². The van der Waals surface area contributed by atoms with Crippen LogP contribution < -0.4 is 15.6 Å². The van der Waals surface area contributed by atoms with Gasteiger partial charge in [-0.3, -0.25) is 20.4 Å². The normalized spacial score (nSPS) is 10.2. The Balaban J connectivity index is 1.43. The zero-order chi connectivity index (χ0) is 23.9. The van der Waals surface area contributed by atoms with Crippen LogP contribution in [0.1, 0.15) is 32.0 Å². The first kappa shape index (κ1) is 22.2. The molecule has 0 aliphatic rings. The average molecular weight is 453 g/mol. The second-order valence-electron chi connectivity index (χ2n) is 7.22. The summed E-state index contributed by atoms with van der Waals surface area (Å²) in [7, 11) is 0.